The zero-order chi connectivity index (χ0) is 14.2. The molecule has 2 N–H and O–H groups in total. The van der Waals surface area contributed by atoms with Gasteiger partial charge in [-0.05, 0) is 13.3 Å². The second kappa shape index (κ2) is 8.05. The van der Waals surface area contributed by atoms with Crippen molar-refractivity contribution in [1.82, 2.24) is 0 Å². The molecule has 0 fully saturated rings. The lowest BCUT2D eigenvalue weighted by atomic mass is 9.84. The van der Waals surface area contributed by atoms with Gasteiger partial charge in [-0.1, -0.05) is 13.3 Å². The maximum atomic E-state index is 11.4. The van der Waals surface area contributed by atoms with Crippen LogP contribution in [0.15, 0.2) is 0 Å². The van der Waals surface area contributed by atoms with Crippen LogP contribution in [-0.4, -0.2) is 48.6 Å². The maximum absolute atomic E-state index is 11.4. The molecule has 0 rings (SSSR count). The molecule has 0 spiro atoms. The summed E-state index contributed by atoms with van der Waals surface area (Å²) in [6.07, 6.45) is 0.605. The highest BCUT2D eigenvalue weighted by Gasteiger charge is 2.44. The summed E-state index contributed by atoms with van der Waals surface area (Å²) in [5, 5.41) is 18.7. The first kappa shape index (κ1) is 16.9. The van der Waals surface area contributed by atoms with Crippen molar-refractivity contribution in [3.63, 3.8) is 0 Å². The molecule has 6 nitrogen and oxygen atoms in total. The average Bonchev–Trinajstić information content (AvgIpc) is 2.33. The Morgan fingerprint density at radius 3 is 2.44 bits per heavy atom. The number of carboxylic acid groups (broad SMARTS) is 1. The fourth-order valence-corrected chi connectivity index (χ4v) is 1.48. The number of carbonyl (C=O) groups is 2. The smallest absolute Gasteiger partial charge is 0.323 e. The SMILES string of the molecule is CCCCOCC(O)CC(C)(C(=O)O)C(=O)OC. The van der Waals surface area contributed by atoms with Crippen LogP contribution in [0.4, 0.5) is 0 Å². The summed E-state index contributed by atoms with van der Waals surface area (Å²) in [7, 11) is 1.12. The van der Waals surface area contributed by atoms with Gasteiger partial charge in [0.1, 0.15) is 0 Å². The second-order valence-electron chi connectivity index (χ2n) is 4.42. The Kier molecular flexibility index (Phi) is 7.54. The highest BCUT2D eigenvalue weighted by molar-refractivity contribution is 5.98. The number of rotatable bonds is 9. The number of ether oxygens (including phenoxy) is 2. The number of unbranched alkanes of at least 4 members (excludes halogenated alkanes) is 1. The summed E-state index contributed by atoms with van der Waals surface area (Å²) in [5.41, 5.74) is -1.75. The minimum atomic E-state index is -1.75. The van der Waals surface area contributed by atoms with E-state index in [1.807, 2.05) is 6.92 Å². The van der Waals surface area contributed by atoms with Crippen LogP contribution < -0.4 is 0 Å². The van der Waals surface area contributed by atoms with Gasteiger partial charge in [0.15, 0.2) is 5.41 Å². The lowest BCUT2D eigenvalue weighted by molar-refractivity contribution is -0.168. The highest BCUT2D eigenvalue weighted by atomic mass is 16.5. The first-order valence-corrected chi connectivity index (χ1v) is 5.96. The molecule has 2 atom stereocenters. The molecule has 0 aromatic carbocycles. The average molecular weight is 262 g/mol. The van der Waals surface area contributed by atoms with Gasteiger partial charge in [-0.3, -0.25) is 9.59 Å². The molecule has 0 saturated heterocycles. The first-order valence-electron chi connectivity index (χ1n) is 5.96. The van der Waals surface area contributed by atoms with Crippen LogP contribution in [0.25, 0.3) is 0 Å². The van der Waals surface area contributed by atoms with Crippen molar-refractivity contribution in [2.45, 2.75) is 39.2 Å². The number of methoxy groups -OCH3 is 1. The van der Waals surface area contributed by atoms with Crippen molar-refractivity contribution in [2.75, 3.05) is 20.3 Å². The lowest BCUT2D eigenvalue weighted by Gasteiger charge is -2.24. The summed E-state index contributed by atoms with van der Waals surface area (Å²) < 4.78 is 9.63. The number of aliphatic hydroxyl groups is 1. The van der Waals surface area contributed by atoms with Crippen molar-refractivity contribution >= 4 is 11.9 Å². The summed E-state index contributed by atoms with van der Waals surface area (Å²) in [5.74, 6) is -2.19. The molecule has 0 aliphatic rings. The molecule has 0 saturated carbocycles. The van der Waals surface area contributed by atoms with Gasteiger partial charge in [0, 0.05) is 13.0 Å². The Balaban J connectivity index is 4.33. The van der Waals surface area contributed by atoms with Gasteiger partial charge in [0.2, 0.25) is 0 Å². The molecule has 0 bridgehead atoms. The number of esters is 1. The molecule has 106 valence electrons. The van der Waals surface area contributed by atoms with Crippen molar-refractivity contribution in [1.29, 1.82) is 0 Å². The van der Waals surface area contributed by atoms with E-state index in [0.29, 0.717) is 6.61 Å². The Morgan fingerprint density at radius 2 is 2.00 bits per heavy atom. The Bertz CT molecular complexity index is 278. The lowest BCUT2D eigenvalue weighted by Crippen LogP contribution is -2.41. The molecule has 0 radical (unpaired) electrons. The highest BCUT2D eigenvalue weighted by Crippen LogP contribution is 2.25. The maximum Gasteiger partial charge on any atom is 0.323 e. The third-order valence-corrected chi connectivity index (χ3v) is 2.70. The molecular weight excluding hydrogens is 240 g/mol. The minimum absolute atomic E-state index is 0.0138. The molecule has 0 aromatic heterocycles. The van der Waals surface area contributed by atoms with Crippen LogP contribution in [-0.2, 0) is 19.1 Å². The molecule has 2 unspecified atom stereocenters. The molecule has 0 aliphatic heterocycles. The number of carboxylic acids is 1. The number of aliphatic carboxylic acids is 1. The van der Waals surface area contributed by atoms with Gasteiger partial charge in [-0.2, -0.15) is 0 Å². The second-order valence-corrected chi connectivity index (χ2v) is 4.42. The zero-order valence-corrected chi connectivity index (χ0v) is 11.1. The molecule has 0 aliphatic carbocycles. The van der Waals surface area contributed by atoms with E-state index in [1.165, 1.54) is 6.92 Å². The van der Waals surface area contributed by atoms with E-state index in [0.717, 1.165) is 20.0 Å². The summed E-state index contributed by atoms with van der Waals surface area (Å²) >= 11 is 0. The fourth-order valence-electron chi connectivity index (χ4n) is 1.48. The molecular formula is C12H22O6. The van der Waals surface area contributed by atoms with Crippen molar-refractivity contribution in [3.8, 4) is 0 Å². The topological polar surface area (TPSA) is 93.1 Å². The van der Waals surface area contributed by atoms with Gasteiger partial charge in [-0.25, -0.2) is 0 Å². The molecule has 6 heteroatoms. The van der Waals surface area contributed by atoms with Crippen LogP contribution in [0, 0.1) is 5.41 Å². The summed E-state index contributed by atoms with van der Waals surface area (Å²) in [6, 6.07) is 0. The monoisotopic (exact) mass is 262 g/mol. The van der Waals surface area contributed by atoms with Gasteiger partial charge >= 0.3 is 11.9 Å². The van der Waals surface area contributed by atoms with Crippen molar-refractivity contribution in [2.24, 2.45) is 5.41 Å². The molecule has 18 heavy (non-hydrogen) atoms. The van der Waals surface area contributed by atoms with E-state index >= 15 is 0 Å². The predicted octanol–water partition coefficient (Wildman–Crippen LogP) is 0.818. The first-order chi connectivity index (χ1) is 8.38. The van der Waals surface area contributed by atoms with Crippen LogP contribution in [0.5, 0.6) is 0 Å². The van der Waals surface area contributed by atoms with E-state index in [4.69, 9.17) is 9.84 Å². The molecule has 0 aromatic rings. The van der Waals surface area contributed by atoms with Crippen LogP contribution >= 0.6 is 0 Å². The van der Waals surface area contributed by atoms with E-state index in [9.17, 15) is 14.7 Å². The summed E-state index contributed by atoms with van der Waals surface area (Å²) in [4.78, 5) is 22.5. The Hall–Kier alpha value is -1.14. The minimum Gasteiger partial charge on any atom is -0.480 e. The summed E-state index contributed by atoms with van der Waals surface area (Å²) in [6.45, 7) is 3.77. The van der Waals surface area contributed by atoms with Crippen molar-refractivity contribution < 1.29 is 29.3 Å². The zero-order valence-electron chi connectivity index (χ0n) is 11.1. The third-order valence-electron chi connectivity index (χ3n) is 2.70. The number of hydrogen-bond donors (Lipinski definition) is 2. The Labute approximate surface area is 107 Å². The van der Waals surface area contributed by atoms with E-state index < -0.39 is 23.5 Å². The van der Waals surface area contributed by atoms with Gasteiger partial charge in [-0.15, -0.1) is 0 Å². The van der Waals surface area contributed by atoms with Crippen LogP contribution in [0.2, 0.25) is 0 Å². The van der Waals surface area contributed by atoms with Crippen LogP contribution in [0.3, 0.4) is 0 Å². The normalized spacial score (nSPS) is 15.8. The van der Waals surface area contributed by atoms with Crippen molar-refractivity contribution in [3.05, 3.63) is 0 Å². The standard InChI is InChI=1S/C12H22O6/c1-4-5-6-18-8-9(13)7-12(2,10(14)15)11(16)17-3/h9,13H,4-8H2,1-3H3,(H,14,15). The van der Waals surface area contributed by atoms with E-state index in [1.54, 1.807) is 0 Å². The van der Waals surface area contributed by atoms with Crippen LogP contribution in [0.1, 0.15) is 33.1 Å². The molecule has 0 heterocycles. The molecule has 0 amide bonds. The Morgan fingerprint density at radius 1 is 1.39 bits per heavy atom. The number of aliphatic hydroxyl groups excluding tert-OH is 1. The number of carbonyl (C=O) groups excluding carboxylic acids is 1. The van der Waals surface area contributed by atoms with E-state index in [2.05, 4.69) is 4.74 Å². The van der Waals surface area contributed by atoms with Gasteiger partial charge in [0.05, 0.1) is 19.8 Å². The quantitative estimate of drug-likeness (QED) is 0.363. The largest absolute Gasteiger partial charge is 0.480 e. The van der Waals surface area contributed by atoms with E-state index in [-0.39, 0.29) is 13.0 Å². The predicted molar refractivity (Wildman–Crippen MR) is 64.1 cm³/mol. The number of hydrogen-bond acceptors (Lipinski definition) is 5. The van der Waals surface area contributed by atoms with Gasteiger partial charge in [0.25, 0.3) is 0 Å². The fraction of sp³-hybridized carbons (Fsp3) is 0.833. The third kappa shape index (κ3) is 5.01. The van der Waals surface area contributed by atoms with Gasteiger partial charge < -0.3 is 19.7 Å².